The van der Waals surface area contributed by atoms with Gasteiger partial charge in [0.15, 0.2) is 26.2 Å². The molecule has 116 valence electrons. The second-order valence-corrected chi connectivity index (χ2v) is 7.07. The van der Waals surface area contributed by atoms with Gasteiger partial charge in [-0.25, -0.2) is 8.42 Å². The molecular weight excluding hydrogens is 304 g/mol. The third-order valence-electron chi connectivity index (χ3n) is 3.47. The van der Waals surface area contributed by atoms with Gasteiger partial charge in [-0.15, -0.1) is 0 Å². The fourth-order valence-electron chi connectivity index (χ4n) is 2.32. The van der Waals surface area contributed by atoms with Crippen LogP contribution in [0.25, 0.3) is 0 Å². The maximum atomic E-state index is 12.1. The Morgan fingerprint density at radius 2 is 1.91 bits per heavy atom. The lowest BCUT2D eigenvalue weighted by Gasteiger charge is -2.13. The minimum Gasteiger partial charge on any atom is -0.487 e. The van der Waals surface area contributed by atoms with Gasteiger partial charge in [0.2, 0.25) is 6.79 Å². The zero-order chi connectivity index (χ0) is 15.7. The molecule has 0 bridgehead atoms. The van der Waals surface area contributed by atoms with Gasteiger partial charge in [-0.3, -0.25) is 0 Å². The summed E-state index contributed by atoms with van der Waals surface area (Å²) in [6.45, 7) is 2.28. The zero-order valence-electron chi connectivity index (χ0n) is 12.3. The Hall–Kier alpha value is -2.21. The van der Waals surface area contributed by atoms with E-state index in [1.165, 1.54) is 0 Å². The summed E-state index contributed by atoms with van der Waals surface area (Å²) >= 11 is 0. The normalized spacial score (nSPS) is 13.2. The number of hydrogen-bond acceptors (Lipinski definition) is 5. The number of hydrogen-bond donors (Lipinski definition) is 0. The fraction of sp³-hybridized carbons (Fsp3) is 0.250. The van der Waals surface area contributed by atoms with Crippen LogP contribution in [0.5, 0.6) is 17.2 Å². The minimum absolute atomic E-state index is 0.0130. The Kier molecular flexibility index (Phi) is 3.70. The molecule has 1 aliphatic rings. The van der Waals surface area contributed by atoms with Crippen molar-refractivity contribution in [3.63, 3.8) is 0 Å². The second-order valence-electron chi connectivity index (χ2n) is 5.11. The molecule has 0 N–H and O–H groups in total. The second kappa shape index (κ2) is 5.53. The van der Waals surface area contributed by atoms with Crippen molar-refractivity contribution in [2.75, 3.05) is 13.0 Å². The molecule has 5 nitrogen and oxygen atoms in total. The van der Waals surface area contributed by atoms with Gasteiger partial charge in [0.1, 0.15) is 12.4 Å². The molecule has 2 aromatic carbocycles. The molecule has 0 aromatic heterocycles. The standard InChI is InChI=1S/C16H16O5S/c1-11-5-3-4-6-12(11)9-19-14-8-7-13-15(21-10-20-13)16(14)22(2,17)18/h3-8H,9-10H2,1-2H3. The first-order valence-electron chi connectivity index (χ1n) is 6.77. The van der Waals surface area contributed by atoms with E-state index in [4.69, 9.17) is 14.2 Å². The molecule has 1 aliphatic heterocycles. The summed E-state index contributed by atoms with van der Waals surface area (Å²) in [6.07, 6.45) is 1.13. The van der Waals surface area contributed by atoms with Crippen molar-refractivity contribution in [1.82, 2.24) is 0 Å². The molecule has 0 saturated heterocycles. The molecular formula is C16H16O5S. The lowest BCUT2D eigenvalue weighted by Crippen LogP contribution is -2.05. The molecule has 0 aliphatic carbocycles. The van der Waals surface area contributed by atoms with Crippen LogP contribution in [0.15, 0.2) is 41.3 Å². The smallest absolute Gasteiger partial charge is 0.231 e. The average molecular weight is 320 g/mol. The highest BCUT2D eigenvalue weighted by atomic mass is 32.2. The lowest BCUT2D eigenvalue weighted by atomic mass is 10.1. The minimum atomic E-state index is -3.50. The summed E-state index contributed by atoms with van der Waals surface area (Å²) in [7, 11) is -3.50. The van der Waals surface area contributed by atoms with E-state index in [1.54, 1.807) is 12.1 Å². The van der Waals surface area contributed by atoms with Crippen LogP contribution in [0.2, 0.25) is 0 Å². The molecule has 0 fully saturated rings. The third kappa shape index (κ3) is 2.74. The van der Waals surface area contributed by atoms with Gasteiger partial charge in [0, 0.05) is 6.26 Å². The molecule has 0 radical (unpaired) electrons. The van der Waals surface area contributed by atoms with Crippen molar-refractivity contribution in [2.45, 2.75) is 18.4 Å². The predicted molar refractivity (Wildman–Crippen MR) is 81.2 cm³/mol. The van der Waals surface area contributed by atoms with Crippen LogP contribution in [-0.2, 0) is 16.4 Å². The summed E-state index contributed by atoms with van der Waals surface area (Å²) in [4.78, 5) is 0.0380. The highest BCUT2D eigenvalue weighted by Gasteiger charge is 2.28. The van der Waals surface area contributed by atoms with Crippen LogP contribution in [0.1, 0.15) is 11.1 Å². The molecule has 0 spiro atoms. The first-order chi connectivity index (χ1) is 10.5. The van der Waals surface area contributed by atoms with Crippen LogP contribution in [0, 0.1) is 6.92 Å². The molecule has 2 aromatic rings. The summed E-state index contributed by atoms with van der Waals surface area (Å²) in [5.41, 5.74) is 2.09. The topological polar surface area (TPSA) is 61.8 Å². The highest BCUT2D eigenvalue weighted by Crippen LogP contribution is 2.43. The van der Waals surface area contributed by atoms with Crippen molar-refractivity contribution in [3.8, 4) is 17.2 Å². The van der Waals surface area contributed by atoms with Crippen molar-refractivity contribution in [1.29, 1.82) is 0 Å². The third-order valence-corrected chi connectivity index (χ3v) is 4.60. The average Bonchev–Trinajstić information content (AvgIpc) is 2.92. The molecule has 1 heterocycles. The van der Waals surface area contributed by atoms with E-state index in [-0.39, 0.29) is 29.8 Å². The summed E-state index contributed by atoms with van der Waals surface area (Å²) in [5, 5.41) is 0. The van der Waals surface area contributed by atoms with Crippen molar-refractivity contribution in [3.05, 3.63) is 47.5 Å². The first kappa shape index (κ1) is 14.7. The molecule has 22 heavy (non-hydrogen) atoms. The predicted octanol–water partition coefficient (Wildman–Crippen LogP) is 2.71. The Balaban J connectivity index is 1.96. The largest absolute Gasteiger partial charge is 0.487 e. The van der Waals surface area contributed by atoms with Gasteiger partial charge in [-0.05, 0) is 30.2 Å². The molecule has 6 heteroatoms. The molecule has 0 atom stereocenters. The molecule has 0 unspecified atom stereocenters. The van der Waals surface area contributed by atoms with Crippen LogP contribution in [0.4, 0.5) is 0 Å². The zero-order valence-corrected chi connectivity index (χ0v) is 13.1. The molecule has 0 saturated carbocycles. The Bertz CT molecular complexity index is 811. The summed E-state index contributed by atoms with van der Waals surface area (Å²) in [5.74, 6) is 0.920. The maximum Gasteiger partial charge on any atom is 0.231 e. The summed E-state index contributed by atoms with van der Waals surface area (Å²) in [6, 6.07) is 11.1. The number of aryl methyl sites for hydroxylation is 1. The van der Waals surface area contributed by atoms with E-state index in [2.05, 4.69) is 0 Å². The van der Waals surface area contributed by atoms with Gasteiger partial charge < -0.3 is 14.2 Å². The first-order valence-corrected chi connectivity index (χ1v) is 8.66. The quantitative estimate of drug-likeness (QED) is 0.867. The Labute approximate surface area is 129 Å². The highest BCUT2D eigenvalue weighted by molar-refractivity contribution is 7.91. The van der Waals surface area contributed by atoms with E-state index in [1.807, 2.05) is 31.2 Å². The Morgan fingerprint density at radius 3 is 2.64 bits per heavy atom. The van der Waals surface area contributed by atoms with Crippen molar-refractivity contribution < 1.29 is 22.6 Å². The van der Waals surface area contributed by atoms with E-state index < -0.39 is 9.84 Å². The van der Waals surface area contributed by atoms with Crippen molar-refractivity contribution in [2.24, 2.45) is 0 Å². The molecule has 3 rings (SSSR count). The lowest BCUT2D eigenvalue weighted by molar-refractivity contribution is 0.171. The van der Waals surface area contributed by atoms with E-state index >= 15 is 0 Å². The van der Waals surface area contributed by atoms with Crippen LogP contribution in [0.3, 0.4) is 0 Å². The van der Waals surface area contributed by atoms with Gasteiger partial charge in [-0.1, -0.05) is 24.3 Å². The number of rotatable bonds is 4. The van der Waals surface area contributed by atoms with Crippen molar-refractivity contribution >= 4 is 9.84 Å². The monoisotopic (exact) mass is 320 g/mol. The van der Waals surface area contributed by atoms with E-state index in [9.17, 15) is 8.42 Å². The number of ether oxygens (including phenoxy) is 3. The summed E-state index contributed by atoms with van der Waals surface area (Å²) < 4.78 is 40.4. The van der Waals surface area contributed by atoms with Gasteiger partial charge >= 0.3 is 0 Å². The van der Waals surface area contributed by atoms with Gasteiger partial charge in [-0.2, -0.15) is 0 Å². The fourth-order valence-corrected chi connectivity index (χ4v) is 3.31. The maximum absolute atomic E-state index is 12.1. The van der Waals surface area contributed by atoms with Crippen LogP contribution >= 0.6 is 0 Å². The number of fused-ring (bicyclic) bond motifs is 1. The van der Waals surface area contributed by atoms with E-state index in [0.29, 0.717) is 5.75 Å². The number of sulfone groups is 1. The van der Waals surface area contributed by atoms with Gasteiger partial charge in [0.25, 0.3) is 0 Å². The van der Waals surface area contributed by atoms with E-state index in [0.717, 1.165) is 17.4 Å². The SMILES string of the molecule is Cc1ccccc1COc1ccc2c(c1S(C)(=O)=O)OCO2. The Morgan fingerprint density at radius 1 is 1.14 bits per heavy atom. The number of benzene rings is 2. The van der Waals surface area contributed by atoms with Crippen LogP contribution in [-0.4, -0.2) is 21.5 Å². The van der Waals surface area contributed by atoms with Crippen LogP contribution < -0.4 is 14.2 Å². The molecule has 0 amide bonds. The van der Waals surface area contributed by atoms with Gasteiger partial charge in [0.05, 0.1) is 0 Å².